The first-order chi connectivity index (χ1) is 15.6. The first kappa shape index (κ1) is 20.3. The maximum Gasteiger partial charge on any atom is 0.247 e. The molecule has 0 bridgehead atoms. The van der Waals surface area contributed by atoms with Crippen LogP contribution in [0.4, 0.5) is 4.39 Å². The van der Waals surface area contributed by atoms with Crippen LogP contribution < -0.4 is 0 Å². The first-order valence-corrected chi connectivity index (χ1v) is 10.7. The van der Waals surface area contributed by atoms with Crippen LogP contribution in [0.1, 0.15) is 42.1 Å². The fraction of sp³-hybridized carbons (Fsp3) is 0.348. The van der Waals surface area contributed by atoms with Gasteiger partial charge in [0.2, 0.25) is 5.91 Å². The Labute approximate surface area is 184 Å². The predicted octanol–water partition coefficient (Wildman–Crippen LogP) is 3.45. The Morgan fingerprint density at radius 1 is 1.19 bits per heavy atom. The monoisotopic (exact) mass is 434 g/mol. The quantitative estimate of drug-likeness (QED) is 0.478. The summed E-state index contributed by atoms with van der Waals surface area (Å²) in [5.74, 6) is 1.04. The third-order valence-electron chi connectivity index (χ3n) is 6.02. The largest absolute Gasteiger partial charge is 0.440 e. The number of nitrogens with zero attached hydrogens (tertiary/aromatic N) is 6. The molecular formula is C23H23FN6O2. The van der Waals surface area contributed by atoms with Crippen LogP contribution in [0, 0.1) is 12.7 Å². The van der Waals surface area contributed by atoms with Gasteiger partial charge in [-0.3, -0.25) is 4.79 Å². The van der Waals surface area contributed by atoms with E-state index in [0.29, 0.717) is 25.3 Å². The van der Waals surface area contributed by atoms with Gasteiger partial charge in [0.25, 0.3) is 0 Å². The minimum atomic E-state index is -0.632. The van der Waals surface area contributed by atoms with Gasteiger partial charge in [-0.1, -0.05) is 24.3 Å². The van der Waals surface area contributed by atoms with Gasteiger partial charge in [0.15, 0.2) is 11.5 Å². The Bertz CT molecular complexity index is 1210. The molecule has 0 spiro atoms. The molecule has 2 aromatic carbocycles. The average molecular weight is 434 g/mol. The second kappa shape index (κ2) is 8.49. The number of fused-ring (bicyclic) bond motifs is 1. The molecule has 1 saturated heterocycles. The zero-order valence-corrected chi connectivity index (χ0v) is 17.7. The zero-order chi connectivity index (χ0) is 22.1. The number of aryl methyl sites for hydroxylation is 1. The third kappa shape index (κ3) is 3.98. The van der Waals surface area contributed by atoms with E-state index in [1.807, 2.05) is 35.2 Å². The number of piperidine rings is 1. The molecule has 5 rings (SSSR count). The fourth-order valence-electron chi connectivity index (χ4n) is 4.31. The Balaban J connectivity index is 1.32. The van der Waals surface area contributed by atoms with Gasteiger partial charge in [0.05, 0.1) is 0 Å². The third-order valence-corrected chi connectivity index (χ3v) is 6.02. The summed E-state index contributed by atoms with van der Waals surface area (Å²) in [6.45, 7) is 2.93. The lowest BCUT2D eigenvalue weighted by Gasteiger charge is -2.33. The van der Waals surface area contributed by atoms with Gasteiger partial charge in [-0.15, -0.1) is 5.10 Å². The molecule has 0 saturated carbocycles. The van der Waals surface area contributed by atoms with Crippen molar-refractivity contribution in [2.75, 3.05) is 13.1 Å². The predicted molar refractivity (Wildman–Crippen MR) is 114 cm³/mol. The van der Waals surface area contributed by atoms with Crippen molar-refractivity contribution in [1.29, 1.82) is 0 Å². The molecule has 0 N–H and O–H groups in total. The minimum Gasteiger partial charge on any atom is -0.440 e. The highest BCUT2D eigenvalue weighted by Crippen LogP contribution is 2.31. The van der Waals surface area contributed by atoms with Crippen molar-refractivity contribution in [1.82, 2.24) is 30.1 Å². The highest BCUT2D eigenvalue weighted by molar-refractivity contribution is 5.81. The average Bonchev–Trinajstić information content (AvgIpc) is 3.43. The molecular weight excluding hydrogens is 411 g/mol. The SMILES string of the molecule is Cc1nnnn1[C@H](Cc1cccc(F)c1)C(=O)N1CCC(c2nc3ccccc3o2)CC1. The Hall–Kier alpha value is -3.62. The summed E-state index contributed by atoms with van der Waals surface area (Å²) < 4.78 is 21.2. The van der Waals surface area contributed by atoms with Gasteiger partial charge in [-0.25, -0.2) is 14.1 Å². The van der Waals surface area contributed by atoms with Crippen molar-refractivity contribution in [2.24, 2.45) is 0 Å². The summed E-state index contributed by atoms with van der Waals surface area (Å²) in [5.41, 5.74) is 2.36. The lowest BCUT2D eigenvalue weighted by molar-refractivity contribution is -0.136. The number of hydrogen-bond acceptors (Lipinski definition) is 6. The molecule has 4 aromatic rings. The van der Waals surface area contributed by atoms with E-state index in [9.17, 15) is 9.18 Å². The zero-order valence-electron chi connectivity index (χ0n) is 17.7. The van der Waals surface area contributed by atoms with Crippen LogP contribution in [0.25, 0.3) is 11.1 Å². The number of para-hydroxylation sites is 2. The molecule has 1 amide bonds. The van der Waals surface area contributed by atoms with Gasteiger partial charge in [-0.05, 0) is 60.0 Å². The highest BCUT2D eigenvalue weighted by Gasteiger charge is 2.33. The normalized spacial score (nSPS) is 15.9. The van der Waals surface area contributed by atoms with E-state index in [4.69, 9.17) is 4.42 Å². The summed E-state index contributed by atoms with van der Waals surface area (Å²) in [6, 6.07) is 13.4. The maximum absolute atomic E-state index is 13.7. The summed E-state index contributed by atoms with van der Waals surface area (Å²) in [4.78, 5) is 20.0. The Kier molecular flexibility index (Phi) is 5.38. The van der Waals surface area contributed by atoms with Gasteiger partial charge in [-0.2, -0.15) is 0 Å². The number of carbonyl (C=O) groups is 1. The van der Waals surface area contributed by atoms with Crippen LogP contribution >= 0.6 is 0 Å². The highest BCUT2D eigenvalue weighted by atomic mass is 19.1. The number of rotatable bonds is 5. The second-order valence-electron chi connectivity index (χ2n) is 8.14. The Morgan fingerprint density at radius 2 is 2.00 bits per heavy atom. The van der Waals surface area contributed by atoms with E-state index in [2.05, 4.69) is 20.5 Å². The lowest BCUT2D eigenvalue weighted by Crippen LogP contribution is -2.43. The van der Waals surface area contributed by atoms with E-state index in [1.54, 1.807) is 13.0 Å². The van der Waals surface area contributed by atoms with Crippen LogP contribution in [0.3, 0.4) is 0 Å². The van der Waals surface area contributed by atoms with Crippen LogP contribution in [0.15, 0.2) is 52.9 Å². The van der Waals surface area contributed by atoms with Crippen LogP contribution in [0.2, 0.25) is 0 Å². The lowest BCUT2D eigenvalue weighted by atomic mass is 9.95. The van der Waals surface area contributed by atoms with E-state index >= 15 is 0 Å². The number of hydrogen-bond donors (Lipinski definition) is 0. The van der Waals surface area contributed by atoms with Crippen molar-refractivity contribution in [3.05, 3.63) is 71.6 Å². The number of benzene rings is 2. The van der Waals surface area contributed by atoms with Crippen LogP contribution in [-0.4, -0.2) is 49.1 Å². The second-order valence-corrected chi connectivity index (χ2v) is 8.14. The van der Waals surface area contributed by atoms with E-state index in [0.717, 1.165) is 35.4 Å². The van der Waals surface area contributed by atoms with Gasteiger partial charge in [0.1, 0.15) is 23.2 Å². The standard InChI is InChI=1S/C23H23FN6O2/c1-15-26-27-28-30(15)20(14-16-5-4-6-18(24)13-16)23(31)29-11-9-17(10-12-29)22-25-19-7-2-3-8-21(19)32-22/h2-8,13,17,20H,9-12,14H2,1H3/t20-/m1/s1. The number of amides is 1. The van der Waals surface area contributed by atoms with Crippen molar-refractivity contribution < 1.29 is 13.6 Å². The molecule has 2 aromatic heterocycles. The van der Waals surface area contributed by atoms with Crippen molar-refractivity contribution in [3.63, 3.8) is 0 Å². The van der Waals surface area contributed by atoms with Crippen molar-refractivity contribution in [2.45, 2.75) is 38.1 Å². The van der Waals surface area contributed by atoms with Crippen molar-refractivity contribution >= 4 is 17.0 Å². The first-order valence-electron chi connectivity index (χ1n) is 10.7. The molecule has 1 aliphatic heterocycles. The maximum atomic E-state index is 13.7. The number of likely N-dealkylation sites (tertiary alicyclic amines) is 1. The number of tetrazole rings is 1. The molecule has 0 aliphatic carbocycles. The summed E-state index contributed by atoms with van der Waals surface area (Å²) >= 11 is 0. The molecule has 0 radical (unpaired) electrons. The number of carbonyl (C=O) groups excluding carboxylic acids is 1. The van der Waals surface area contributed by atoms with Gasteiger partial charge >= 0.3 is 0 Å². The number of oxazole rings is 1. The van der Waals surface area contributed by atoms with Crippen LogP contribution in [-0.2, 0) is 11.2 Å². The molecule has 3 heterocycles. The van der Waals surface area contributed by atoms with Gasteiger partial charge < -0.3 is 9.32 Å². The molecule has 9 heteroatoms. The summed E-state index contributed by atoms with van der Waals surface area (Å²) in [7, 11) is 0. The molecule has 1 atom stereocenters. The molecule has 0 unspecified atom stereocenters. The topological polar surface area (TPSA) is 89.9 Å². The molecule has 8 nitrogen and oxygen atoms in total. The van der Waals surface area contributed by atoms with E-state index < -0.39 is 6.04 Å². The summed E-state index contributed by atoms with van der Waals surface area (Å²) in [6.07, 6.45) is 1.84. The van der Waals surface area contributed by atoms with Crippen LogP contribution in [0.5, 0.6) is 0 Å². The van der Waals surface area contributed by atoms with Gasteiger partial charge in [0, 0.05) is 25.4 Å². The molecule has 32 heavy (non-hydrogen) atoms. The van der Waals surface area contributed by atoms with Crippen molar-refractivity contribution in [3.8, 4) is 0 Å². The van der Waals surface area contributed by atoms with E-state index in [1.165, 1.54) is 16.8 Å². The molecule has 1 fully saturated rings. The minimum absolute atomic E-state index is 0.0688. The number of aromatic nitrogens is 5. The number of halogens is 1. The Morgan fingerprint density at radius 3 is 2.72 bits per heavy atom. The molecule has 1 aliphatic rings. The smallest absolute Gasteiger partial charge is 0.247 e. The fourth-order valence-corrected chi connectivity index (χ4v) is 4.31. The molecule has 164 valence electrons. The summed E-state index contributed by atoms with van der Waals surface area (Å²) in [5, 5.41) is 11.7. The van der Waals surface area contributed by atoms with E-state index in [-0.39, 0.29) is 17.6 Å².